The lowest BCUT2D eigenvalue weighted by molar-refractivity contribution is -0.112. The number of benzene rings is 2. The van der Waals surface area contributed by atoms with E-state index in [0.717, 1.165) is 27.3 Å². The van der Waals surface area contributed by atoms with Crippen molar-refractivity contribution < 1.29 is 19.3 Å². The summed E-state index contributed by atoms with van der Waals surface area (Å²) in [5.41, 5.74) is 3.17. The predicted octanol–water partition coefficient (Wildman–Crippen LogP) is 6.19. The van der Waals surface area contributed by atoms with Crippen molar-refractivity contribution in [1.82, 2.24) is 0 Å². The Balaban J connectivity index is 1.58. The van der Waals surface area contributed by atoms with Gasteiger partial charge in [-0.05, 0) is 72.8 Å². The third kappa shape index (κ3) is 5.22. The molecule has 3 aromatic rings. The number of anilines is 1. The van der Waals surface area contributed by atoms with Gasteiger partial charge in [-0.25, -0.2) is 4.79 Å². The lowest BCUT2D eigenvalue weighted by atomic mass is 10.1. The highest BCUT2D eigenvalue weighted by Gasteiger charge is 2.26. The first-order valence-electron chi connectivity index (χ1n) is 10.5. The number of aryl methyl sites for hydroxylation is 1. The van der Waals surface area contributed by atoms with Crippen LogP contribution in [0, 0.1) is 6.92 Å². The van der Waals surface area contributed by atoms with Gasteiger partial charge in [-0.3, -0.25) is 9.79 Å². The number of carbonyl (C=O) groups is 2. The quantitative estimate of drug-likeness (QED) is 0.369. The maximum Gasteiger partial charge on any atom is 0.346 e. The smallest absolute Gasteiger partial charge is 0.346 e. The number of nitrogens with zero attached hydrogens (tertiary/aromatic N) is 1. The molecule has 0 bridgehead atoms. The van der Waals surface area contributed by atoms with Crippen LogP contribution in [0.3, 0.4) is 0 Å². The van der Waals surface area contributed by atoms with Gasteiger partial charge >= 0.3 is 5.97 Å². The Morgan fingerprint density at radius 3 is 2.53 bits per heavy atom. The molecule has 174 valence electrons. The second-order valence-electron chi connectivity index (χ2n) is 8.13. The standard InChI is InChI=1S/C25H22ClN2O4PS/c1-15-12-18(26)7-10-21(15)33(2,32)14-17-13-22(34-23(17)25(30)31)16-5-8-19(9-6-16)28-24(29)20-4-3-11-27-20/h4-13H,3,14H2,1-2H3,(H,28,29)(H,30,31). The Morgan fingerprint density at radius 2 is 1.91 bits per heavy atom. The number of carboxylic acid groups (broad SMARTS) is 1. The third-order valence-corrected chi connectivity index (χ3v) is 9.37. The molecular formula is C25H22ClN2O4PS. The zero-order valence-corrected chi connectivity index (χ0v) is 21.0. The molecule has 0 spiro atoms. The van der Waals surface area contributed by atoms with Crippen LogP contribution in [0.5, 0.6) is 0 Å². The number of hydrogen-bond donors (Lipinski definition) is 2. The van der Waals surface area contributed by atoms with Crippen molar-refractivity contribution in [1.29, 1.82) is 0 Å². The fourth-order valence-electron chi connectivity index (χ4n) is 3.86. The van der Waals surface area contributed by atoms with Crippen LogP contribution in [0.2, 0.25) is 5.02 Å². The van der Waals surface area contributed by atoms with Crippen LogP contribution in [0.1, 0.15) is 27.2 Å². The molecule has 0 saturated heterocycles. The summed E-state index contributed by atoms with van der Waals surface area (Å²) in [6, 6.07) is 14.2. The van der Waals surface area contributed by atoms with E-state index in [1.165, 1.54) is 0 Å². The molecule has 6 nitrogen and oxygen atoms in total. The van der Waals surface area contributed by atoms with Gasteiger partial charge in [-0.1, -0.05) is 23.7 Å². The number of aliphatic imine (C=N–C) groups is 1. The van der Waals surface area contributed by atoms with Gasteiger partial charge < -0.3 is 15.0 Å². The Hall–Kier alpha value is -2.99. The molecule has 34 heavy (non-hydrogen) atoms. The monoisotopic (exact) mass is 512 g/mol. The molecule has 1 atom stereocenters. The first-order valence-corrected chi connectivity index (χ1v) is 14.0. The number of thiophene rings is 1. The normalized spacial score (nSPS) is 14.5. The lowest BCUT2D eigenvalue weighted by Crippen LogP contribution is -2.12. The van der Waals surface area contributed by atoms with Crippen molar-refractivity contribution in [2.75, 3.05) is 12.0 Å². The zero-order chi connectivity index (χ0) is 24.5. The molecule has 0 saturated carbocycles. The number of carboxylic acids is 1. The molecule has 1 aliphatic rings. The van der Waals surface area contributed by atoms with Crippen molar-refractivity contribution in [3.63, 3.8) is 0 Å². The molecule has 2 heterocycles. The van der Waals surface area contributed by atoms with E-state index in [1.807, 2.05) is 19.1 Å². The number of halogens is 1. The van der Waals surface area contributed by atoms with Gasteiger partial charge in [0.25, 0.3) is 5.91 Å². The number of amides is 1. The predicted molar refractivity (Wildman–Crippen MR) is 140 cm³/mol. The van der Waals surface area contributed by atoms with Crippen LogP contribution in [-0.4, -0.2) is 29.9 Å². The van der Waals surface area contributed by atoms with Gasteiger partial charge in [0.05, 0.1) is 0 Å². The topological polar surface area (TPSA) is 95.8 Å². The van der Waals surface area contributed by atoms with Gasteiger partial charge in [0.1, 0.15) is 17.7 Å². The van der Waals surface area contributed by atoms with Crippen molar-refractivity contribution in [3.8, 4) is 10.4 Å². The van der Waals surface area contributed by atoms with E-state index in [4.69, 9.17) is 11.6 Å². The Bertz CT molecular complexity index is 1390. The molecule has 4 rings (SSSR count). The van der Waals surface area contributed by atoms with Crippen molar-refractivity contribution in [3.05, 3.63) is 81.3 Å². The third-order valence-electron chi connectivity index (χ3n) is 5.45. The number of rotatable bonds is 7. The molecule has 0 aliphatic carbocycles. The minimum atomic E-state index is -2.88. The van der Waals surface area contributed by atoms with Crippen LogP contribution in [0.25, 0.3) is 10.4 Å². The summed E-state index contributed by atoms with van der Waals surface area (Å²) < 4.78 is 13.6. The van der Waals surface area contributed by atoms with E-state index in [9.17, 15) is 19.3 Å². The number of carbonyl (C=O) groups excluding carboxylic acids is 1. The molecule has 1 aromatic heterocycles. The fourth-order valence-corrected chi connectivity index (χ4v) is 7.49. The summed E-state index contributed by atoms with van der Waals surface area (Å²) in [6.45, 7) is 3.53. The minimum absolute atomic E-state index is 0.136. The Morgan fingerprint density at radius 1 is 1.18 bits per heavy atom. The first kappa shape index (κ1) is 24.1. The van der Waals surface area contributed by atoms with E-state index in [1.54, 1.807) is 55.4 Å². The summed E-state index contributed by atoms with van der Waals surface area (Å²) in [4.78, 5) is 29.1. The fraction of sp³-hybridized carbons (Fsp3) is 0.160. The van der Waals surface area contributed by atoms with E-state index >= 15 is 0 Å². The first-order chi connectivity index (χ1) is 16.1. The van der Waals surface area contributed by atoms with Gasteiger partial charge in [0.15, 0.2) is 0 Å². The summed E-state index contributed by atoms with van der Waals surface area (Å²) in [7, 11) is -2.88. The average molecular weight is 513 g/mol. The summed E-state index contributed by atoms with van der Waals surface area (Å²) in [5, 5.41) is 13.8. The van der Waals surface area contributed by atoms with Gasteiger partial charge in [0, 0.05) is 39.7 Å². The van der Waals surface area contributed by atoms with E-state index in [-0.39, 0.29) is 16.9 Å². The SMILES string of the molecule is Cc1cc(Cl)ccc1P(C)(=O)Cc1cc(-c2ccc(NC(=O)C3=CCC=N3)cc2)sc1C(=O)O. The maximum absolute atomic E-state index is 13.6. The second-order valence-corrected chi connectivity index (χ2v) is 12.6. The highest BCUT2D eigenvalue weighted by Crippen LogP contribution is 2.47. The number of hydrogen-bond acceptors (Lipinski definition) is 5. The van der Waals surface area contributed by atoms with Gasteiger partial charge in [-0.15, -0.1) is 11.3 Å². The van der Waals surface area contributed by atoms with Gasteiger partial charge in [0.2, 0.25) is 0 Å². The molecule has 1 amide bonds. The average Bonchev–Trinajstić information content (AvgIpc) is 3.44. The number of aromatic carboxylic acids is 1. The summed E-state index contributed by atoms with van der Waals surface area (Å²) in [6.07, 6.45) is 4.21. The molecule has 2 aromatic carbocycles. The number of allylic oxidation sites excluding steroid dienone is 1. The van der Waals surface area contributed by atoms with Crippen molar-refractivity contribution in [2.24, 2.45) is 4.99 Å². The van der Waals surface area contributed by atoms with Crippen LogP contribution in [0.15, 0.2) is 65.3 Å². The second kappa shape index (κ2) is 9.71. The largest absolute Gasteiger partial charge is 0.477 e. The highest BCUT2D eigenvalue weighted by atomic mass is 35.5. The van der Waals surface area contributed by atoms with E-state index in [0.29, 0.717) is 33.7 Å². The summed E-state index contributed by atoms with van der Waals surface area (Å²) in [5.74, 6) is -1.32. The van der Waals surface area contributed by atoms with E-state index in [2.05, 4.69) is 10.3 Å². The summed E-state index contributed by atoms with van der Waals surface area (Å²) >= 11 is 7.19. The zero-order valence-electron chi connectivity index (χ0n) is 18.5. The van der Waals surface area contributed by atoms with Crippen LogP contribution in [-0.2, 0) is 15.5 Å². The molecule has 1 aliphatic heterocycles. The molecule has 1 unspecified atom stereocenters. The van der Waals surface area contributed by atoms with Crippen molar-refractivity contribution >= 4 is 59.2 Å². The molecule has 2 N–H and O–H groups in total. The molecule has 9 heteroatoms. The molecule has 0 fully saturated rings. The highest BCUT2D eigenvalue weighted by molar-refractivity contribution is 7.70. The Labute approximate surface area is 206 Å². The Kier molecular flexibility index (Phi) is 6.89. The number of nitrogens with one attached hydrogen (secondary N) is 1. The van der Waals surface area contributed by atoms with E-state index < -0.39 is 13.1 Å². The van der Waals surface area contributed by atoms with Crippen molar-refractivity contribution in [2.45, 2.75) is 19.5 Å². The maximum atomic E-state index is 13.6. The molecular weight excluding hydrogens is 491 g/mol. The molecule has 0 radical (unpaired) electrons. The lowest BCUT2D eigenvalue weighted by Gasteiger charge is -2.16. The van der Waals surface area contributed by atoms with Gasteiger partial charge in [-0.2, -0.15) is 0 Å². The van der Waals surface area contributed by atoms with Crippen LogP contribution < -0.4 is 10.6 Å². The van der Waals surface area contributed by atoms with Crippen LogP contribution >= 0.6 is 30.1 Å². The minimum Gasteiger partial charge on any atom is -0.477 e. The van der Waals surface area contributed by atoms with Crippen LogP contribution in [0.4, 0.5) is 5.69 Å².